The number of hydrogen-bond donors (Lipinski definition) is 0. The second-order valence-electron chi connectivity index (χ2n) is 4.31. The van der Waals surface area contributed by atoms with Crippen molar-refractivity contribution in [1.82, 2.24) is 4.90 Å². The van der Waals surface area contributed by atoms with Gasteiger partial charge in [-0.1, -0.05) is 13.8 Å². The third-order valence-corrected chi connectivity index (χ3v) is 2.98. The van der Waals surface area contributed by atoms with Crippen molar-refractivity contribution in [3.05, 3.63) is 0 Å². The molecule has 0 heterocycles. The molecule has 0 bridgehead atoms. The predicted molar refractivity (Wildman–Crippen MR) is 45.2 cm³/mol. The molecule has 1 rings (SSSR count). The van der Waals surface area contributed by atoms with Crippen LogP contribution in [0.15, 0.2) is 0 Å². The average Bonchev–Trinajstić information content (AvgIpc) is 2.56. The van der Waals surface area contributed by atoms with Crippen LogP contribution >= 0.6 is 0 Å². The largest absolute Gasteiger partial charge is 0.345 e. The standard InChI is InChI=1S/C9H17NO/c1-7(10(4)6-11)8-5-9(8,2)3/h6-8H,5H2,1-4H3. The Hall–Kier alpha value is -0.530. The van der Waals surface area contributed by atoms with E-state index in [-0.39, 0.29) is 0 Å². The summed E-state index contributed by atoms with van der Waals surface area (Å²) in [7, 11) is 1.85. The molecule has 1 fully saturated rings. The fourth-order valence-corrected chi connectivity index (χ4v) is 1.71. The molecule has 64 valence electrons. The van der Waals surface area contributed by atoms with E-state index in [0.717, 1.165) is 6.41 Å². The number of hydrogen-bond acceptors (Lipinski definition) is 1. The van der Waals surface area contributed by atoms with Gasteiger partial charge in [-0.3, -0.25) is 4.79 Å². The van der Waals surface area contributed by atoms with Gasteiger partial charge < -0.3 is 4.90 Å². The third-order valence-electron chi connectivity index (χ3n) is 2.98. The molecule has 1 aliphatic carbocycles. The molecule has 1 aliphatic rings. The molecular weight excluding hydrogens is 138 g/mol. The summed E-state index contributed by atoms with van der Waals surface area (Å²) in [5.41, 5.74) is 0.469. The van der Waals surface area contributed by atoms with Crippen LogP contribution in [0, 0.1) is 11.3 Å². The first-order chi connectivity index (χ1) is 4.99. The molecule has 2 atom stereocenters. The lowest BCUT2D eigenvalue weighted by Crippen LogP contribution is -2.30. The zero-order valence-corrected chi connectivity index (χ0v) is 7.79. The van der Waals surface area contributed by atoms with Gasteiger partial charge in [-0.25, -0.2) is 0 Å². The van der Waals surface area contributed by atoms with Gasteiger partial charge in [0.1, 0.15) is 0 Å². The molecule has 2 heteroatoms. The number of nitrogens with zero attached hydrogens (tertiary/aromatic N) is 1. The van der Waals surface area contributed by atoms with Crippen LogP contribution in [0.2, 0.25) is 0 Å². The van der Waals surface area contributed by atoms with E-state index in [2.05, 4.69) is 20.8 Å². The Balaban J connectivity index is 2.45. The Morgan fingerprint density at radius 2 is 2.09 bits per heavy atom. The van der Waals surface area contributed by atoms with Crippen molar-refractivity contribution in [2.45, 2.75) is 33.2 Å². The first-order valence-corrected chi connectivity index (χ1v) is 4.16. The molecule has 11 heavy (non-hydrogen) atoms. The summed E-state index contributed by atoms with van der Waals surface area (Å²) in [6.07, 6.45) is 2.17. The smallest absolute Gasteiger partial charge is 0.209 e. The summed E-state index contributed by atoms with van der Waals surface area (Å²) in [6, 6.07) is 0.405. The molecule has 0 N–H and O–H groups in total. The van der Waals surface area contributed by atoms with Gasteiger partial charge in [0.15, 0.2) is 0 Å². The first-order valence-electron chi connectivity index (χ1n) is 4.16. The van der Waals surface area contributed by atoms with Gasteiger partial charge in [0.2, 0.25) is 6.41 Å². The van der Waals surface area contributed by atoms with Gasteiger partial charge in [-0.05, 0) is 24.7 Å². The number of carbonyl (C=O) groups excluding carboxylic acids is 1. The highest BCUT2D eigenvalue weighted by Crippen LogP contribution is 2.54. The van der Waals surface area contributed by atoms with E-state index in [4.69, 9.17) is 0 Å². The Kier molecular flexibility index (Phi) is 1.95. The van der Waals surface area contributed by atoms with Crippen molar-refractivity contribution < 1.29 is 4.79 Å². The molecule has 0 radical (unpaired) electrons. The van der Waals surface area contributed by atoms with E-state index >= 15 is 0 Å². The minimum atomic E-state index is 0.405. The van der Waals surface area contributed by atoms with Gasteiger partial charge >= 0.3 is 0 Å². The SMILES string of the molecule is CC(C1CC1(C)C)N(C)C=O. The molecule has 2 unspecified atom stereocenters. The summed E-state index contributed by atoms with van der Waals surface area (Å²) >= 11 is 0. The van der Waals surface area contributed by atoms with Crippen LogP contribution < -0.4 is 0 Å². The summed E-state index contributed by atoms with van der Waals surface area (Å²) < 4.78 is 0. The van der Waals surface area contributed by atoms with E-state index in [9.17, 15) is 4.79 Å². The lowest BCUT2D eigenvalue weighted by molar-refractivity contribution is -0.119. The normalized spacial score (nSPS) is 29.3. The van der Waals surface area contributed by atoms with Gasteiger partial charge in [-0.2, -0.15) is 0 Å². The zero-order chi connectivity index (χ0) is 8.65. The maximum atomic E-state index is 10.4. The van der Waals surface area contributed by atoms with Crippen LogP contribution in [0.5, 0.6) is 0 Å². The second kappa shape index (κ2) is 2.50. The molecule has 0 aromatic carbocycles. The zero-order valence-electron chi connectivity index (χ0n) is 7.79. The molecular formula is C9H17NO. The van der Waals surface area contributed by atoms with Crippen LogP contribution in [-0.2, 0) is 4.79 Å². The van der Waals surface area contributed by atoms with Crippen LogP contribution in [0.25, 0.3) is 0 Å². The number of carbonyl (C=O) groups is 1. The molecule has 2 nitrogen and oxygen atoms in total. The summed E-state index contributed by atoms with van der Waals surface area (Å²) in [5.74, 6) is 0.706. The quantitative estimate of drug-likeness (QED) is 0.566. The number of rotatable bonds is 3. The molecule has 0 aromatic rings. The Bertz CT molecular complexity index is 165. The van der Waals surface area contributed by atoms with Crippen molar-refractivity contribution >= 4 is 6.41 Å². The van der Waals surface area contributed by atoms with Crippen LogP contribution in [0.1, 0.15) is 27.2 Å². The fourth-order valence-electron chi connectivity index (χ4n) is 1.71. The maximum Gasteiger partial charge on any atom is 0.209 e. The van der Waals surface area contributed by atoms with Gasteiger partial charge in [0.05, 0.1) is 0 Å². The Morgan fingerprint density at radius 1 is 1.64 bits per heavy atom. The Morgan fingerprint density at radius 3 is 2.36 bits per heavy atom. The van der Waals surface area contributed by atoms with E-state index in [1.807, 2.05) is 7.05 Å². The summed E-state index contributed by atoms with van der Waals surface area (Å²) in [6.45, 7) is 6.63. The molecule has 0 spiro atoms. The van der Waals surface area contributed by atoms with Crippen molar-refractivity contribution in [2.75, 3.05) is 7.05 Å². The monoisotopic (exact) mass is 155 g/mol. The van der Waals surface area contributed by atoms with Crippen LogP contribution in [0.3, 0.4) is 0 Å². The maximum absolute atomic E-state index is 10.4. The minimum absolute atomic E-state index is 0.405. The third kappa shape index (κ3) is 1.55. The second-order valence-corrected chi connectivity index (χ2v) is 4.31. The predicted octanol–water partition coefficient (Wildman–Crippen LogP) is 1.51. The molecule has 1 amide bonds. The number of amides is 1. The van der Waals surface area contributed by atoms with Crippen molar-refractivity contribution in [1.29, 1.82) is 0 Å². The van der Waals surface area contributed by atoms with Crippen LogP contribution in [-0.4, -0.2) is 24.4 Å². The molecule has 0 aliphatic heterocycles. The highest BCUT2D eigenvalue weighted by molar-refractivity contribution is 5.47. The highest BCUT2D eigenvalue weighted by Gasteiger charge is 2.49. The van der Waals surface area contributed by atoms with Crippen molar-refractivity contribution in [2.24, 2.45) is 11.3 Å². The molecule has 0 saturated heterocycles. The average molecular weight is 155 g/mol. The summed E-state index contributed by atoms with van der Waals surface area (Å²) in [4.78, 5) is 12.2. The topological polar surface area (TPSA) is 20.3 Å². The lowest BCUT2D eigenvalue weighted by atomic mass is 10.0. The van der Waals surface area contributed by atoms with Gasteiger partial charge in [0.25, 0.3) is 0 Å². The van der Waals surface area contributed by atoms with E-state index in [0.29, 0.717) is 17.4 Å². The molecule has 0 aromatic heterocycles. The van der Waals surface area contributed by atoms with Crippen molar-refractivity contribution in [3.8, 4) is 0 Å². The van der Waals surface area contributed by atoms with E-state index in [1.54, 1.807) is 4.90 Å². The van der Waals surface area contributed by atoms with E-state index in [1.165, 1.54) is 6.42 Å². The van der Waals surface area contributed by atoms with Crippen molar-refractivity contribution in [3.63, 3.8) is 0 Å². The van der Waals surface area contributed by atoms with Crippen LogP contribution in [0.4, 0.5) is 0 Å². The highest BCUT2D eigenvalue weighted by atomic mass is 16.1. The molecule has 1 saturated carbocycles. The van der Waals surface area contributed by atoms with Gasteiger partial charge in [-0.15, -0.1) is 0 Å². The van der Waals surface area contributed by atoms with Gasteiger partial charge in [0, 0.05) is 13.1 Å². The minimum Gasteiger partial charge on any atom is -0.345 e. The lowest BCUT2D eigenvalue weighted by Gasteiger charge is -2.21. The summed E-state index contributed by atoms with van der Waals surface area (Å²) in [5, 5.41) is 0. The fraction of sp³-hybridized carbons (Fsp3) is 0.889. The first kappa shape index (κ1) is 8.57. The Labute approximate surface area is 68.6 Å². The van der Waals surface area contributed by atoms with E-state index < -0.39 is 0 Å².